The second-order valence-corrected chi connectivity index (χ2v) is 3.90. The molecule has 3 nitrogen and oxygen atoms in total. The van der Waals surface area contributed by atoms with Crippen molar-refractivity contribution in [2.24, 2.45) is 5.92 Å². The van der Waals surface area contributed by atoms with Crippen molar-refractivity contribution in [3.63, 3.8) is 0 Å². The molecular formula is C12H17NO2. The van der Waals surface area contributed by atoms with Gasteiger partial charge in [-0.3, -0.25) is 4.79 Å². The summed E-state index contributed by atoms with van der Waals surface area (Å²) in [4.78, 5) is 16.6. The summed E-state index contributed by atoms with van der Waals surface area (Å²) in [5, 5.41) is 0. The fraction of sp³-hybridized carbons (Fsp3) is 0.417. The molecule has 1 aromatic rings. The van der Waals surface area contributed by atoms with Crippen LogP contribution in [-0.4, -0.2) is 12.3 Å². The quantitative estimate of drug-likeness (QED) is 0.595. The lowest BCUT2D eigenvalue weighted by Crippen LogP contribution is -2.24. The first-order valence-corrected chi connectivity index (χ1v) is 5.11. The fourth-order valence-electron chi connectivity index (χ4n) is 1.13. The zero-order valence-corrected chi connectivity index (χ0v) is 9.41. The van der Waals surface area contributed by atoms with Crippen LogP contribution in [0, 0.1) is 5.92 Å². The largest absolute Gasteiger partial charge is 0.408 e. The Balaban J connectivity index is 2.63. The Labute approximate surface area is 90.4 Å². The maximum absolute atomic E-state index is 11.3. The van der Waals surface area contributed by atoms with Gasteiger partial charge in [-0.05, 0) is 25.0 Å². The summed E-state index contributed by atoms with van der Waals surface area (Å²) in [7, 11) is 0. The predicted molar refractivity (Wildman–Crippen MR) is 59.9 cm³/mol. The van der Waals surface area contributed by atoms with Crippen molar-refractivity contribution in [1.29, 1.82) is 0 Å². The number of nitrogens with one attached hydrogen (secondary N) is 1. The van der Waals surface area contributed by atoms with Gasteiger partial charge in [-0.2, -0.15) is 5.48 Å². The van der Waals surface area contributed by atoms with E-state index in [1.165, 1.54) is 6.92 Å². The molecule has 1 aromatic carbocycles. The minimum Gasteiger partial charge on any atom is -0.408 e. The topological polar surface area (TPSA) is 38.3 Å². The number of hydrogen-bond acceptors (Lipinski definition) is 3. The smallest absolute Gasteiger partial charge is 0.163 e. The Bertz CT molecular complexity index is 334. The molecule has 0 amide bonds. The molecule has 15 heavy (non-hydrogen) atoms. The third-order valence-corrected chi connectivity index (χ3v) is 1.94. The minimum absolute atomic E-state index is 0.0111. The number of carbonyl (C=O) groups excluding carboxylic acids is 1. The standard InChI is InChI=1S/C12H17NO2/c1-9(2)8-13-15-12-7-5-4-6-11(12)10(3)14/h4-7,9,13H,8H2,1-3H3. The number of hydrogen-bond donors (Lipinski definition) is 1. The maximum atomic E-state index is 11.3. The Morgan fingerprint density at radius 3 is 2.67 bits per heavy atom. The van der Waals surface area contributed by atoms with E-state index < -0.39 is 0 Å². The van der Waals surface area contributed by atoms with Gasteiger partial charge in [0.25, 0.3) is 0 Å². The van der Waals surface area contributed by atoms with Gasteiger partial charge in [0.1, 0.15) is 0 Å². The molecule has 0 aliphatic heterocycles. The summed E-state index contributed by atoms with van der Waals surface area (Å²) in [6, 6.07) is 7.21. The van der Waals surface area contributed by atoms with Crippen LogP contribution in [0.2, 0.25) is 0 Å². The van der Waals surface area contributed by atoms with Gasteiger partial charge in [0, 0.05) is 6.54 Å². The molecule has 0 spiro atoms. The van der Waals surface area contributed by atoms with Crippen LogP contribution in [0.15, 0.2) is 24.3 Å². The molecule has 0 aromatic heterocycles. The van der Waals surface area contributed by atoms with Crippen molar-refractivity contribution in [1.82, 2.24) is 5.48 Å². The normalized spacial score (nSPS) is 10.4. The molecule has 0 saturated carbocycles. The van der Waals surface area contributed by atoms with Gasteiger partial charge in [0.05, 0.1) is 5.56 Å². The summed E-state index contributed by atoms with van der Waals surface area (Å²) in [5.41, 5.74) is 3.45. The van der Waals surface area contributed by atoms with Crippen LogP contribution in [0.1, 0.15) is 31.1 Å². The monoisotopic (exact) mass is 207 g/mol. The molecule has 0 saturated heterocycles. The zero-order valence-electron chi connectivity index (χ0n) is 9.41. The average Bonchev–Trinajstić information content (AvgIpc) is 2.17. The molecule has 0 atom stereocenters. The van der Waals surface area contributed by atoms with Crippen molar-refractivity contribution in [2.75, 3.05) is 6.54 Å². The van der Waals surface area contributed by atoms with Gasteiger partial charge < -0.3 is 4.84 Å². The predicted octanol–water partition coefficient (Wildman–Crippen LogP) is 2.43. The lowest BCUT2D eigenvalue weighted by atomic mass is 10.1. The fourth-order valence-corrected chi connectivity index (χ4v) is 1.13. The van der Waals surface area contributed by atoms with E-state index in [1.807, 2.05) is 12.1 Å². The van der Waals surface area contributed by atoms with E-state index in [4.69, 9.17) is 4.84 Å². The van der Waals surface area contributed by atoms with Crippen LogP contribution < -0.4 is 10.3 Å². The molecule has 0 unspecified atom stereocenters. The van der Waals surface area contributed by atoms with Gasteiger partial charge in [-0.1, -0.05) is 26.0 Å². The van der Waals surface area contributed by atoms with Gasteiger partial charge in [0.2, 0.25) is 0 Å². The zero-order chi connectivity index (χ0) is 11.3. The van der Waals surface area contributed by atoms with E-state index in [9.17, 15) is 4.79 Å². The lowest BCUT2D eigenvalue weighted by Gasteiger charge is -2.11. The number of benzene rings is 1. The number of hydroxylamine groups is 1. The van der Waals surface area contributed by atoms with Crippen molar-refractivity contribution in [3.8, 4) is 5.75 Å². The number of ketones is 1. The highest BCUT2D eigenvalue weighted by Gasteiger charge is 2.07. The van der Waals surface area contributed by atoms with Gasteiger partial charge >= 0.3 is 0 Å². The van der Waals surface area contributed by atoms with Gasteiger partial charge in [0.15, 0.2) is 11.5 Å². The molecule has 0 radical (unpaired) electrons. The Hall–Kier alpha value is -1.35. The van der Waals surface area contributed by atoms with Crippen LogP contribution in [0.3, 0.4) is 0 Å². The van der Waals surface area contributed by atoms with E-state index in [0.29, 0.717) is 17.2 Å². The Morgan fingerprint density at radius 1 is 1.40 bits per heavy atom. The molecule has 0 fully saturated rings. The third-order valence-electron chi connectivity index (χ3n) is 1.94. The second-order valence-electron chi connectivity index (χ2n) is 3.90. The summed E-state index contributed by atoms with van der Waals surface area (Å²) in [5.74, 6) is 1.11. The van der Waals surface area contributed by atoms with Gasteiger partial charge in [-0.15, -0.1) is 0 Å². The van der Waals surface area contributed by atoms with Crippen LogP contribution >= 0.6 is 0 Å². The Morgan fingerprint density at radius 2 is 2.07 bits per heavy atom. The summed E-state index contributed by atoms with van der Waals surface area (Å²) < 4.78 is 0. The lowest BCUT2D eigenvalue weighted by molar-refractivity contribution is 0.100. The molecular weight excluding hydrogens is 190 g/mol. The summed E-state index contributed by atoms with van der Waals surface area (Å²) >= 11 is 0. The number of carbonyl (C=O) groups is 1. The Kier molecular flexibility index (Phi) is 4.31. The first kappa shape index (κ1) is 11.7. The number of Topliss-reactive ketones (excluding diaryl/α,β-unsaturated/α-hetero) is 1. The summed E-state index contributed by atoms with van der Waals surface area (Å²) in [6.07, 6.45) is 0. The van der Waals surface area contributed by atoms with Crippen LogP contribution in [0.5, 0.6) is 5.75 Å². The average molecular weight is 207 g/mol. The highest BCUT2D eigenvalue weighted by Crippen LogP contribution is 2.17. The third kappa shape index (κ3) is 3.72. The molecule has 82 valence electrons. The van der Waals surface area contributed by atoms with Crippen molar-refractivity contribution < 1.29 is 9.63 Å². The van der Waals surface area contributed by atoms with E-state index >= 15 is 0 Å². The van der Waals surface area contributed by atoms with Gasteiger partial charge in [-0.25, -0.2) is 0 Å². The second kappa shape index (κ2) is 5.51. The highest BCUT2D eigenvalue weighted by molar-refractivity contribution is 5.96. The number of rotatable bonds is 5. The first-order chi connectivity index (χ1) is 7.11. The van der Waals surface area contributed by atoms with E-state index in [0.717, 1.165) is 6.54 Å². The highest BCUT2D eigenvalue weighted by atomic mass is 16.6. The molecule has 1 rings (SSSR count). The van der Waals surface area contributed by atoms with Crippen molar-refractivity contribution >= 4 is 5.78 Å². The van der Waals surface area contributed by atoms with Crippen molar-refractivity contribution in [3.05, 3.63) is 29.8 Å². The minimum atomic E-state index is 0.0111. The molecule has 0 heterocycles. The van der Waals surface area contributed by atoms with E-state index in [1.54, 1.807) is 12.1 Å². The van der Waals surface area contributed by atoms with Crippen molar-refractivity contribution in [2.45, 2.75) is 20.8 Å². The molecule has 0 aliphatic carbocycles. The van der Waals surface area contributed by atoms with Crippen LogP contribution in [0.25, 0.3) is 0 Å². The first-order valence-electron chi connectivity index (χ1n) is 5.11. The molecule has 3 heteroatoms. The summed E-state index contributed by atoms with van der Waals surface area (Å²) in [6.45, 7) is 6.47. The maximum Gasteiger partial charge on any atom is 0.163 e. The SMILES string of the molecule is CC(=O)c1ccccc1ONCC(C)C. The van der Waals surface area contributed by atoms with E-state index in [-0.39, 0.29) is 5.78 Å². The molecule has 0 bridgehead atoms. The van der Waals surface area contributed by atoms with Crippen LogP contribution in [-0.2, 0) is 0 Å². The number of para-hydroxylation sites is 1. The molecule has 0 aliphatic rings. The van der Waals surface area contributed by atoms with E-state index in [2.05, 4.69) is 19.3 Å². The van der Waals surface area contributed by atoms with Crippen LogP contribution in [0.4, 0.5) is 0 Å². The molecule has 1 N–H and O–H groups in total.